The molecule has 0 saturated carbocycles. The fraction of sp³-hybridized carbons (Fsp3) is 0.455. The minimum atomic E-state index is 0.185. The molecule has 3 nitrogen and oxygen atoms in total. The van der Waals surface area contributed by atoms with Gasteiger partial charge in [0.25, 0.3) is 0 Å². The van der Waals surface area contributed by atoms with Gasteiger partial charge < -0.3 is 15.2 Å². The van der Waals surface area contributed by atoms with E-state index in [-0.39, 0.29) is 6.10 Å². The summed E-state index contributed by atoms with van der Waals surface area (Å²) in [4.78, 5) is 0. The van der Waals surface area contributed by atoms with Crippen LogP contribution in [0, 0.1) is 0 Å². The second-order valence-electron chi connectivity index (χ2n) is 3.57. The molecule has 2 N–H and O–H groups in total. The molecular weight excluding hydrogens is 258 g/mol. The van der Waals surface area contributed by atoms with Crippen LogP contribution in [0.4, 0.5) is 0 Å². The van der Waals surface area contributed by atoms with E-state index in [9.17, 15) is 0 Å². The number of nitrogens with two attached hydrogens (primary N) is 1. The molecule has 1 atom stereocenters. The summed E-state index contributed by atoms with van der Waals surface area (Å²) in [5.74, 6) is 0.864. The first-order chi connectivity index (χ1) is 7.29. The van der Waals surface area contributed by atoms with Crippen LogP contribution in [0.1, 0.15) is 12.0 Å². The topological polar surface area (TPSA) is 44.5 Å². The van der Waals surface area contributed by atoms with Gasteiger partial charge in [-0.3, -0.25) is 0 Å². The van der Waals surface area contributed by atoms with Crippen LogP contribution in [0.3, 0.4) is 0 Å². The minimum absolute atomic E-state index is 0.185. The molecule has 82 valence electrons. The zero-order valence-corrected chi connectivity index (χ0v) is 10.00. The van der Waals surface area contributed by atoms with Gasteiger partial charge >= 0.3 is 0 Å². The van der Waals surface area contributed by atoms with Gasteiger partial charge in [0.05, 0.1) is 17.7 Å². The molecule has 4 heteroatoms. The monoisotopic (exact) mass is 271 g/mol. The second kappa shape index (κ2) is 4.96. The maximum Gasteiger partial charge on any atom is 0.134 e. The molecule has 2 rings (SSSR count). The number of halogens is 1. The van der Waals surface area contributed by atoms with Crippen LogP contribution in [-0.2, 0) is 11.3 Å². The highest BCUT2D eigenvalue weighted by atomic mass is 79.9. The zero-order chi connectivity index (χ0) is 10.7. The van der Waals surface area contributed by atoms with Gasteiger partial charge in [-0.1, -0.05) is 6.07 Å². The fourth-order valence-electron chi connectivity index (χ4n) is 1.55. The summed E-state index contributed by atoms with van der Waals surface area (Å²) >= 11 is 3.47. The Hall–Kier alpha value is -0.580. The van der Waals surface area contributed by atoms with Crippen molar-refractivity contribution in [2.45, 2.75) is 19.1 Å². The zero-order valence-electron chi connectivity index (χ0n) is 8.41. The molecule has 1 fully saturated rings. The van der Waals surface area contributed by atoms with Crippen LogP contribution >= 0.6 is 15.9 Å². The van der Waals surface area contributed by atoms with Gasteiger partial charge in [0.2, 0.25) is 0 Å². The minimum Gasteiger partial charge on any atom is -0.487 e. The third kappa shape index (κ3) is 2.71. The summed E-state index contributed by atoms with van der Waals surface area (Å²) in [7, 11) is 0. The van der Waals surface area contributed by atoms with Gasteiger partial charge in [-0.15, -0.1) is 0 Å². The smallest absolute Gasteiger partial charge is 0.134 e. The highest BCUT2D eigenvalue weighted by molar-refractivity contribution is 9.10. The number of ether oxygens (including phenoxy) is 2. The van der Waals surface area contributed by atoms with Crippen molar-refractivity contribution < 1.29 is 9.47 Å². The maximum absolute atomic E-state index is 5.79. The Kier molecular flexibility index (Phi) is 3.61. The van der Waals surface area contributed by atoms with Crippen molar-refractivity contribution in [1.82, 2.24) is 0 Å². The molecular formula is C11H14BrNO2. The predicted octanol–water partition coefficient (Wildman–Crippen LogP) is 2.08. The Morgan fingerprint density at radius 1 is 1.53 bits per heavy atom. The van der Waals surface area contributed by atoms with E-state index in [4.69, 9.17) is 15.2 Å². The first kappa shape index (κ1) is 10.9. The fourth-order valence-corrected chi connectivity index (χ4v) is 2.07. The second-order valence-corrected chi connectivity index (χ2v) is 4.43. The van der Waals surface area contributed by atoms with Gasteiger partial charge in [-0.2, -0.15) is 0 Å². The van der Waals surface area contributed by atoms with E-state index in [0.29, 0.717) is 13.2 Å². The Morgan fingerprint density at radius 2 is 2.40 bits per heavy atom. The van der Waals surface area contributed by atoms with Crippen molar-refractivity contribution in [3.8, 4) is 5.75 Å². The molecule has 0 bridgehead atoms. The molecule has 1 aliphatic rings. The lowest BCUT2D eigenvalue weighted by Gasteiger charge is -2.13. The van der Waals surface area contributed by atoms with Gasteiger partial charge in [-0.25, -0.2) is 0 Å². The van der Waals surface area contributed by atoms with E-state index in [1.807, 2.05) is 18.2 Å². The molecule has 0 aliphatic carbocycles. The third-order valence-electron chi connectivity index (χ3n) is 2.41. The number of hydrogen-bond acceptors (Lipinski definition) is 3. The molecule has 1 aliphatic heterocycles. The van der Waals surface area contributed by atoms with Crippen molar-refractivity contribution in [2.75, 3.05) is 13.2 Å². The summed E-state index contributed by atoms with van der Waals surface area (Å²) in [6, 6.07) is 5.92. The molecule has 15 heavy (non-hydrogen) atoms. The van der Waals surface area contributed by atoms with Crippen LogP contribution in [-0.4, -0.2) is 19.3 Å². The van der Waals surface area contributed by atoms with Crippen molar-refractivity contribution in [3.63, 3.8) is 0 Å². The Balaban J connectivity index is 2.07. The van der Waals surface area contributed by atoms with Crippen LogP contribution in [0.15, 0.2) is 22.7 Å². The maximum atomic E-state index is 5.79. The van der Waals surface area contributed by atoms with Crippen LogP contribution in [0.25, 0.3) is 0 Å². The lowest BCUT2D eigenvalue weighted by molar-refractivity contribution is 0.141. The standard InChI is InChI=1S/C11H14BrNO2/c12-10-5-8(6-13)1-2-11(10)15-9-3-4-14-7-9/h1-2,5,9H,3-4,6-7,13H2. The largest absolute Gasteiger partial charge is 0.487 e. The van der Waals surface area contributed by atoms with E-state index in [1.165, 1.54) is 0 Å². The molecule has 1 saturated heterocycles. The lowest BCUT2D eigenvalue weighted by atomic mass is 10.2. The first-order valence-electron chi connectivity index (χ1n) is 5.02. The lowest BCUT2D eigenvalue weighted by Crippen LogP contribution is -2.16. The van der Waals surface area contributed by atoms with Gasteiger partial charge in [-0.05, 0) is 33.6 Å². The highest BCUT2D eigenvalue weighted by Gasteiger charge is 2.18. The molecule has 1 aromatic carbocycles. The van der Waals surface area contributed by atoms with E-state index < -0.39 is 0 Å². The molecule has 1 unspecified atom stereocenters. The van der Waals surface area contributed by atoms with Crippen molar-refractivity contribution >= 4 is 15.9 Å². The number of rotatable bonds is 3. The summed E-state index contributed by atoms with van der Waals surface area (Å²) < 4.78 is 12.0. The Morgan fingerprint density at radius 3 is 3.00 bits per heavy atom. The number of hydrogen-bond donors (Lipinski definition) is 1. The third-order valence-corrected chi connectivity index (χ3v) is 3.03. The number of benzene rings is 1. The highest BCUT2D eigenvalue weighted by Crippen LogP contribution is 2.28. The van der Waals surface area contributed by atoms with Crippen molar-refractivity contribution in [1.29, 1.82) is 0 Å². The Bertz CT molecular complexity index is 337. The summed E-state index contributed by atoms with van der Waals surface area (Å²) in [5, 5.41) is 0. The average molecular weight is 272 g/mol. The molecule has 1 aromatic rings. The van der Waals surface area contributed by atoms with Gasteiger partial charge in [0, 0.05) is 13.0 Å². The molecule has 0 radical (unpaired) electrons. The Labute approximate surface area is 97.7 Å². The van der Waals surface area contributed by atoms with E-state index in [2.05, 4.69) is 15.9 Å². The quantitative estimate of drug-likeness (QED) is 0.916. The van der Waals surface area contributed by atoms with E-state index >= 15 is 0 Å². The van der Waals surface area contributed by atoms with Gasteiger partial charge in [0.15, 0.2) is 0 Å². The summed E-state index contributed by atoms with van der Waals surface area (Å²) in [5.41, 5.74) is 6.65. The molecule has 0 amide bonds. The van der Waals surface area contributed by atoms with Crippen LogP contribution in [0.2, 0.25) is 0 Å². The van der Waals surface area contributed by atoms with Crippen LogP contribution < -0.4 is 10.5 Å². The first-order valence-corrected chi connectivity index (χ1v) is 5.82. The van der Waals surface area contributed by atoms with Gasteiger partial charge in [0.1, 0.15) is 11.9 Å². The average Bonchev–Trinajstić information content (AvgIpc) is 2.74. The molecule has 0 spiro atoms. The van der Waals surface area contributed by atoms with E-state index in [0.717, 1.165) is 28.8 Å². The van der Waals surface area contributed by atoms with Crippen molar-refractivity contribution in [3.05, 3.63) is 28.2 Å². The van der Waals surface area contributed by atoms with E-state index in [1.54, 1.807) is 0 Å². The molecule has 1 heterocycles. The van der Waals surface area contributed by atoms with Crippen LogP contribution in [0.5, 0.6) is 5.75 Å². The van der Waals surface area contributed by atoms with Crippen molar-refractivity contribution in [2.24, 2.45) is 5.73 Å². The summed E-state index contributed by atoms with van der Waals surface area (Å²) in [6.45, 7) is 2.03. The normalized spacial score (nSPS) is 20.5. The predicted molar refractivity (Wildman–Crippen MR) is 61.9 cm³/mol. The SMILES string of the molecule is NCc1ccc(OC2CCOC2)c(Br)c1. The summed E-state index contributed by atoms with van der Waals surface area (Å²) in [6.07, 6.45) is 1.15. The molecule has 0 aromatic heterocycles.